The van der Waals surface area contributed by atoms with Crippen LogP contribution < -0.4 is 4.40 Å². The van der Waals surface area contributed by atoms with Gasteiger partial charge in [0.2, 0.25) is 0 Å². The number of hydrogen-bond donors (Lipinski definition) is 0. The van der Waals surface area contributed by atoms with E-state index in [1.807, 2.05) is 0 Å². The van der Waals surface area contributed by atoms with E-state index in [0.717, 1.165) is 39.3 Å². The second kappa shape index (κ2) is 15.8. The molecule has 264 valence electrons. The molecule has 0 bridgehead atoms. The van der Waals surface area contributed by atoms with Crippen molar-refractivity contribution >= 4 is 68.8 Å². The van der Waals surface area contributed by atoms with Gasteiger partial charge in [-0.25, -0.2) is 0 Å². The average Bonchev–Trinajstić information content (AvgIpc) is 3.80. The van der Waals surface area contributed by atoms with Gasteiger partial charge in [0.15, 0.2) is 0 Å². The second-order valence-electron chi connectivity index (χ2n) is 14.6. The predicted molar refractivity (Wildman–Crippen MR) is 229 cm³/mol. The summed E-state index contributed by atoms with van der Waals surface area (Å²) in [5.41, 5.74) is 4.09. The van der Waals surface area contributed by atoms with E-state index >= 15 is 0 Å². The van der Waals surface area contributed by atoms with Crippen LogP contribution in [0, 0.1) is 6.92 Å². The van der Waals surface area contributed by atoms with Gasteiger partial charge in [0.1, 0.15) is 0 Å². The van der Waals surface area contributed by atoms with Crippen LogP contribution in [0.25, 0.3) is 21.5 Å². The van der Waals surface area contributed by atoms with Gasteiger partial charge in [-0.05, 0) is 0 Å². The average molecular weight is 774 g/mol. The van der Waals surface area contributed by atoms with Crippen molar-refractivity contribution in [1.82, 2.24) is 9.80 Å². The normalized spacial score (nSPS) is 18.4. The van der Waals surface area contributed by atoms with Crippen LogP contribution in [0.5, 0.6) is 0 Å². The predicted octanol–water partition coefficient (Wildman–Crippen LogP) is 9.86. The van der Waals surface area contributed by atoms with Gasteiger partial charge in [-0.1, -0.05) is 0 Å². The van der Waals surface area contributed by atoms with Crippen molar-refractivity contribution in [3.05, 3.63) is 126 Å². The monoisotopic (exact) mass is 774 g/mol. The molecule has 7 heteroatoms. The van der Waals surface area contributed by atoms with Crippen molar-refractivity contribution < 1.29 is 0 Å². The Bertz CT molecular complexity index is 1910. The minimum absolute atomic E-state index is 0.266. The van der Waals surface area contributed by atoms with Crippen LogP contribution in [0.15, 0.2) is 119 Å². The van der Waals surface area contributed by atoms with E-state index < -0.39 is 11.0 Å². The fraction of sp³-hybridized carbons (Fsp3) is 0.364. The summed E-state index contributed by atoms with van der Waals surface area (Å²) in [7, 11) is 1.92. The number of amidine groups is 2. The quantitative estimate of drug-likeness (QED) is 0.112. The summed E-state index contributed by atoms with van der Waals surface area (Å²) >= 11 is 0. The summed E-state index contributed by atoms with van der Waals surface area (Å²) in [5.74, 6) is 5.68. The van der Waals surface area contributed by atoms with E-state index in [2.05, 4.69) is 180 Å². The maximum atomic E-state index is 5.11. The molecule has 0 N–H and O–H groups in total. The van der Waals surface area contributed by atoms with Crippen molar-refractivity contribution in [2.45, 2.75) is 62.7 Å². The Labute approximate surface area is 314 Å². The Morgan fingerprint density at radius 2 is 1.02 bits per heavy atom. The molecule has 0 saturated carbocycles. The SMILES string of the molecule is Cc1cc[c]([Ge]([CH3])([S]C(C)CN2CCN=C2C(C)c2cccc3ccccc23)[S]C(C)CN2CCN=C2C(C)c2cccc3ccccc23)cc1. The second-order valence-corrected chi connectivity index (χ2v) is 34.7. The molecule has 0 aromatic heterocycles. The van der Waals surface area contributed by atoms with Gasteiger partial charge in [0.05, 0.1) is 0 Å². The van der Waals surface area contributed by atoms with Crippen molar-refractivity contribution in [1.29, 1.82) is 0 Å². The zero-order chi connectivity index (χ0) is 35.5. The minimum atomic E-state index is -2.69. The van der Waals surface area contributed by atoms with Gasteiger partial charge in [-0.3, -0.25) is 0 Å². The molecular formula is C44H52GeN4S2. The van der Waals surface area contributed by atoms with Gasteiger partial charge in [-0.2, -0.15) is 0 Å². The molecule has 7 rings (SSSR count). The maximum absolute atomic E-state index is 5.11. The van der Waals surface area contributed by atoms with Gasteiger partial charge in [0, 0.05) is 0 Å². The molecule has 0 aliphatic carbocycles. The van der Waals surface area contributed by atoms with Crippen LogP contribution in [0.4, 0.5) is 0 Å². The van der Waals surface area contributed by atoms with Crippen molar-refractivity contribution in [2.75, 3.05) is 39.3 Å². The van der Waals surface area contributed by atoms with Crippen LogP contribution in [-0.4, -0.2) is 82.2 Å². The fourth-order valence-electron chi connectivity index (χ4n) is 8.21. The summed E-state index contributed by atoms with van der Waals surface area (Å²) in [5, 5.41) is 6.28. The molecule has 5 aromatic carbocycles. The molecule has 4 unspecified atom stereocenters. The Hall–Kier alpha value is -3.20. The summed E-state index contributed by atoms with van der Waals surface area (Å²) in [6.45, 7) is 17.7. The van der Waals surface area contributed by atoms with E-state index in [0.29, 0.717) is 10.5 Å². The summed E-state index contributed by atoms with van der Waals surface area (Å²) in [6, 6.07) is 40.5. The molecule has 0 spiro atoms. The molecular weight excluding hydrogens is 721 g/mol. The number of benzene rings is 5. The molecule has 2 aliphatic rings. The molecule has 4 nitrogen and oxygen atoms in total. The van der Waals surface area contributed by atoms with Crippen molar-refractivity contribution in [2.24, 2.45) is 9.98 Å². The van der Waals surface area contributed by atoms with Crippen molar-refractivity contribution in [3.63, 3.8) is 0 Å². The third kappa shape index (κ3) is 7.94. The van der Waals surface area contributed by atoms with E-state index in [1.54, 1.807) is 4.40 Å². The number of hydrogen-bond acceptors (Lipinski definition) is 6. The summed E-state index contributed by atoms with van der Waals surface area (Å²) in [4.78, 5) is 15.4. The summed E-state index contributed by atoms with van der Waals surface area (Å²) < 4.78 is 1.58. The van der Waals surface area contributed by atoms with Gasteiger partial charge in [0.25, 0.3) is 0 Å². The Morgan fingerprint density at radius 1 is 0.588 bits per heavy atom. The van der Waals surface area contributed by atoms with E-state index in [1.165, 1.54) is 49.9 Å². The molecule has 5 aromatic rings. The molecule has 0 saturated heterocycles. The molecule has 2 heterocycles. The molecule has 4 atom stereocenters. The first-order chi connectivity index (χ1) is 24.7. The topological polar surface area (TPSA) is 31.2 Å². The van der Waals surface area contributed by atoms with E-state index in [-0.39, 0.29) is 11.8 Å². The Morgan fingerprint density at radius 3 is 1.49 bits per heavy atom. The molecule has 0 fully saturated rings. The Kier molecular flexibility index (Phi) is 11.2. The zero-order valence-electron chi connectivity index (χ0n) is 31.0. The van der Waals surface area contributed by atoms with Crippen LogP contribution in [-0.2, 0) is 0 Å². The first-order valence-electron chi connectivity index (χ1n) is 18.7. The number of aliphatic imine (C=N–C) groups is 2. The standard InChI is InChI=1S/C44H52GeN4S2/c1-31-21-23-38(24-22-31)45(6,50-32(2)29-48-27-25-46-43(48)34(4)39-19-11-15-36-13-7-9-17-41(36)39)51-33(3)30-49-28-26-47-44(49)35(5)40-20-12-16-37-14-8-10-18-42(37)40/h7-24,32-35H,25-30H2,1-6H3. The van der Waals surface area contributed by atoms with E-state index in [4.69, 9.17) is 9.98 Å². The number of nitrogens with zero attached hydrogens (tertiary/aromatic N) is 4. The number of fused-ring (bicyclic) bond motifs is 2. The summed E-state index contributed by atoms with van der Waals surface area (Å²) in [6.07, 6.45) is 0. The fourth-order valence-corrected chi connectivity index (χ4v) is 32.3. The van der Waals surface area contributed by atoms with Crippen LogP contribution in [0.1, 0.15) is 56.2 Å². The number of aryl methyl sites for hydroxylation is 1. The zero-order valence-corrected chi connectivity index (χ0v) is 34.8. The first kappa shape index (κ1) is 36.2. The van der Waals surface area contributed by atoms with Crippen LogP contribution in [0.3, 0.4) is 0 Å². The van der Waals surface area contributed by atoms with Gasteiger partial charge >= 0.3 is 316 Å². The third-order valence-corrected chi connectivity index (χ3v) is 31.8. The molecule has 2 aliphatic heterocycles. The van der Waals surface area contributed by atoms with Gasteiger partial charge < -0.3 is 0 Å². The van der Waals surface area contributed by atoms with Crippen molar-refractivity contribution in [3.8, 4) is 0 Å². The number of rotatable bonds is 13. The first-order valence-corrected chi connectivity index (χ1v) is 28.7. The van der Waals surface area contributed by atoms with E-state index in [9.17, 15) is 0 Å². The molecule has 51 heavy (non-hydrogen) atoms. The van der Waals surface area contributed by atoms with Crippen LogP contribution in [0.2, 0.25) is 5.76 Å². The third-order valence-electron chi connectivity index (χ3n) is 10.7. The molecule has 0 amide bonds. The molecule has 0 radical (unpaired) electrons. The van der Waals surface area contributed by atoms with Crippen LogP contribution >= 0.6 is 20.2 Å². The van der Waals surface area contributed by atoms with Gasteiger partial charge in [-0.15, -0.1) is 0 Å². The Balaban J connectivity index is 1.06.